The lowest BCUT2D eigenvalue weighted by Gasteiger charge is -2.31. The Hall–Kier alpha value is -0.280. The van der Waals surface area contributed by atoms with Crippen molar-refractivity contribution in [1.29, 1.82) is 0 Å². The van der Waals surface area contributed by atoms with Gasteiger partial charge >= 0.3 is 0 Å². The molecule has 1 aliphatic heterocycles. The quantitative estimate of drug-likeness (QED) is 0.848. The number of nitrogens with zero attached hydrogens (tertiary/aromatic N) is 1. The van der Waals surface area contributed by atoms with E-state index in [-0.39, 0.29) is 12.1 Å². The maximum Gasteiger partial charge on any atom is 0.0511 e. The second kappa shape index (κ2) is 5.57. The topological polar surface area (TPSA) is 29.3 Å². The lowest BCUT2D eigenvalue weighted by atomic mass is 9.96. The van der Waals surface area contributed by atoms with E-state index in [1.54, 1.807) is 0 Å². The fraction of sp³-hybridized carbons (Fsp3) is 0.538. The monoisotopic (exact) mass is 272 g/mol. The molecule has 94 valence electrons. The van der Waals surface area contributed by atoms with Gasteiger partial charge in [0.1, 0.15) is 0 Å². The summed E-state index contributed by atoms with van der Waals surface area (Å²) >= 11 is 12.3. The van der Waals surface area contributed by atoms with Crippen molar-refractivity contribution < 1.29 is 0 Å². The summed E-state index contributed by atoms with van der Waals surface area (Å²) in [5.41, 5.74) is 7.33. The number of likely N-dealkylation sites (N-methyl/N-ethyl adjacent to an activating group) is 1. The van der Waals surface area contributed by atoms with Gasteiger partial charge in [-0.25, -0.2) is 0 Å². The number of halogens is 2. The van der Waals surface area contributed by atoms with Crippen molar-refractivity contribution in [2.45, 2.75) is 31.3 Å². The van der Waals surface area contributed by atoms with Crippen molar-refractivity contribution in [2.24, 2.45) is 5.73 Å². The molecule has 2 rings (SSSR count). The molecule has 0 saturated carbocycles. The first-order chi connectivity index (χ1) is 8.09. The summed E-state index contributed by atoms with van der Waals surface area (Å²) < 4.78 is 0. The maximum absolute atomic E-state index is 6.28. The molecule has 0 bridgehead atoms. The third kappa shape index (κ3) is 2.94. The Labute approximate surface area is 113 Å². The van der Waals surface area contributed by atoms with E-state index in [1.165, 1.54) is 12.8 Å². The average molecular weight is 273 g/mol. The molecule has 1 aromatic rings. The molecule has 0 aliphatic carbocycles. The summed E-state index contributed by atoms with van der Waals surface area (Å²) in [6.07, 6.45) is 3.41. The highest BCUT2D eigenvalue weighted by molar-refractivity contribution is 6.33. The minimum absolute atomic E-state index is 0.124. The van der Waals surface area contributed by atoms with Gasteiger partial charge in [-0.05, 0) is 50.2 Å². The zero-order valence-electron chi connectivity index (χ0n) is 10.00. The van der Waals surface area contributed by atoms with E-state index in [0.717, 1.165) is 23.6 Å². The molecule has 2 atom stereocenters. The van der Waals surface area contributed by atoms with Crippen LogP contribution in [0.15, 0.2) is 18.2 Å². The molecular weight excluding hydrogens is 255 g/mol. The Morgan fingerprint density at radius 3 is 2.82 bits per heavy atom. The van der Waals surface area contributed by atoms with Gasteiger partial charge in [0.2, 0.25) is 0 Å². The zero-order valence-corrected chi connectivity index (χ0v) is 11.5. The summed E-state index contributed by atoms with van der Waals surface area (Å²) in [6.45, 7) is 1.06. The third-order valence-electron chi connectivity index (χ3n) is 3.46. The molecule has 0 radical (unpaired) electrons. The van der Waals surface area contributed by atoms with Crippen LogP contribution in [0.25, 0.3) is 0 Å². The van der Waals surface area contributed by atoms with Crippen LogP contribution in [-0.2, 0) is 0 Å². The van der Waals surface area contributed by atoms with Crippen molar-refractivity contribution in [3.8, 4) is 0 Å². The fourth-order valence-corrected chi connectivity index (χ4v) is 2.98. The molecule has 1 heterocycles. The summed E-state index contributed by atoms with van der Waals surface area (Å²) in [4.78, 5) is 2.29. The number of rotatable bonds is 1. The molecule has 0 amide bonds. The van der Waals surface area contributed by atoms with Crippen molar-refractivity contribution in [2.75, 3.05) is 13.6 Å². The van der Waals surface area contributed by atoms with E-state index in [2.05, 4.69) is 11.9 Å². The number of benzene rings is 1. The smallest absolute Gasteiger partial charge is 0.0511 e. The zero-order chi connectivity index (χ0) is 12.4. The molecule has 2 N–H and O–H groups in total. The first kappa shape index (κ1) is 13.2. The Kier molecular flexibility index (Phi) is 4.31. The highest BCUT2D eigenvalue weighted by Gasteiger charge is 2.28. The van der Waals surface area contributed by atoms with Crippen LogP contribution in [0.3, 0.4) is 0 Å². The fourth-order valence-electron chi connectivity index (χ4n) is 2.57. The van der Waals surface area contributed by atoms with Gasteiger partial charge in [0.05, 0.1) is 6.04 Å². The van der Waals surface area contributed by atoms with Gasteiger partial charge in [0, 0.05) is 16.1 Å². The predicted molar refractivity (Wildman–Crippen MR) is 73.7 cm³/mol. The average Bonchev–Trinajstić information content (AvgIpc) is 2.44. The number of hydrogen-bond acceptors (Lipinski definition) is 2. The van der Waals surface area contributed by atoms with Crippen LogP contribution in [-0.4, -0.2) is 24.5 Å². The minimum Gasteiger partial charge on any atom is -0.326 e. The van der Waals surface area contributed by atoms with Gasteiger partial charge < -0.3 is 5.73 Å². The van der Waals surface area contributed by atoms with Crippen molar-refractivity contribution >= 4 is 23.2 Å². The Morgan fingerprint density at radius 2 is 2.06 bits per heavy atom. The van der Waals surface area contributed by atoms with Crippen molar-refractivity contribution in [3.05, 3.63) is 33.8 Å². The van der Waals surface area contributed by atoms with Gasteiger partial charge in [0.25, 0.3) is 0 Å². The summed E-state index contributed by atoms with van der Waals surface area (Å²) in [6, 6.07) is 5.90. The van der Waals surface area contributed by atoms with E-state index < -0.39 is 0 Å². The van der Waals surface area contributed by atoms with Crippen molar-refractivity contribution in [1.82, 2.24) is 4.90 Å². The largest absolute Gasteiger partial charge is 0.326 e. The Morgan fingerprint density at radius 1 is 1.29 bits per heavy atom. The molecule has 1 aliphatic rings. The van der Waals surface area contributed by atoms with Gasteiger partial charge in [-0.3, -0.25) is 4.90 Å². The maximum atomic E-state index is 6.28. The second-order valence-corrected chi connectivity index (χ2v) is 5.59. The highest BCUT2D eigenvalue weighted by Crippen LogP contribution is 2.34. The van der Waals surface area contributed by atoms with Gasteiger partial charge in [-0.2, -0.15) is 0 Å². The Balaban J connectivity index is 2.37. The molecule has 2 unspecified atom stereocenters. The second-order valence-electron chi connectivity index (χ2n) is 4.75. The molecule has 0 aromatic heterocycles. The number of nitrogens with two attached hydrogens (primary N) is 1. The molecule has 1 aromatic carbocycles. The lowest BCUT2D eigenvalue weighted by Crippen LogP contribution is -2.37. The van der Waals surface area contributed by atoms with Crippen LogP contribution in [0.4, 0.5) is 0 Å². The molecular formula is C13H18Cl2N2. The SMILES string of the molecule is CN1CCCCC(N)C1c1cc(Cl)ccc1Cl. The summed E-state index contributed by atoms with van der Waals surface area (Å²) in [5.74, 6) is 0. The van der Waals surface area contributed by atoms with E-state index in [9.17, 15) is 0 Å². The summed E-state index contributed by atoms with van der Waals surface area (Å²) in [5, 5.41) is 1.47. The molecule has 17 heavy (non-hydrogen) atoms. The minimum atomic E-state index is 0.124. The molecule has 2 nitrogen and oxygen atoms in total. The van der Waals surface area contributed by atoms with Crippen LogP contribution in [0.2, 0.25) is 10.0 Å². The van der Waals surface area contributed by atoms with E-state index >= 15 is 0 Å². The third-order valence-corrected chi connectivity index (χ3v) is 4.03. The van der Waals surface area contributed by atoms with E-state index in [0.29, 0.717) is 5.02 Å². The van der Waals surface area contributed by atoms with Crippen molar-refractivity contribution in [3.63, 3.8) is 0 Å². The number of hydrogen-bond donors (Lipinski definition) is 1. The highest BCUT2D eigenvalue weighted by atomic mass is 35.5. The molecule has 4 heteroatoms. The van der Waals surface area contributed by atoms with Crippen LogP contribution in [0.5, 0.6) is 0 Å². The molecule has 0 spiro atoms. The van der Waals surface area contributed by atoms with Gasteiger partial charge in [-0.1, -0.05) is 29.6 Å². The predicted octanol–water partition coefficient (Wildman–Crippen LogP) is 3.48. The van der Waals surface area contributed by atoms with Crippen LogP contribution < -0.4 is 5.73 Å². The lowest BCUT2D eigenvalue weighted by molar-refractivity contribution is 0.230. The van der Waals surface area contributed by atoms with Crippen LogP contribution in [0.1, 0.15) is 30.9 Å². The molecule has 1 fully saturated rings. The normalized spacial score (nSPS) is 26.8. The van der Waals surface area contributed by atoms with Crippen LogP contribution >= 0.6 is 23.2 Å². The van der Waals surface area contributed by atoms with E-state index in [4.69, 9.17) is 28.9 Å². The van der Waals surface area contributed by atoms with Crippen LogP contribution in [0, 0.1) is 0 Å². The Bertz CT molecular complexity index is 383. The number of likely N-dealkylation sites (tertiary alicyclic amines) is 1. The van der Waals surface area contributed by atoms with Gasteiger partial charge in [-0.15, -0.1) is 0 Å². The van der Waals surface area contributed by atoms with Gasteiger partial charge in [0.15, 0.2) is 0 Å². The van der Waals surface area contributed by atoms with E-state index in [1.807, 2.05) is 18.2 Å². The summed E-state index contributed by atoms with van der Waals surface area (Å²) in [7, 11) is 2.10. The first-order valence-corrected chi connectivity index (χ1v) is 6.76. The first-order valence-electron chi connectivity index (χ1n) is 6.00. The standard InChI is InChI=1S/C13H18Cl2N2/c1-17-7-3-2-4-12(16)13(17)10-8-9(14)5-6-11(10)15/h5-6,8,12-13H,2-4,7,16H2,1H3. The molecule has 1 saturated heterocycles.